The number of carbonyl (C=O) groups is 2. The predicted molar refractivity (Wildman–Crippen MR) is 101 cm³/mol. The van der Waals surface area contributed by atoms with Crippen LogP contribution in [0, 0.1) is 20.8 Å². The van der Waals surface area contributed by atoms with Gasteiger partial charge in [-0.2, -0.15) is 5.10 Å². The van der Waals surface area contributed by atoms with Crippen LogP contribution in [0.25, 0.3) is 5.82 Å². The number of Topliss-reactive ketones (excluding diaryl/α,β-unsaturated/α-hetero) is 1. The van der Waals surface area contributed by atoms with Crippen molar-refractivity contribution >= 4 is 11.8 Å². The molecule has 27 heavy (non-hydrogen) atoms. The Labute approximate surface area is 157 Å². The number of benzene rings is 1. The summed E-state index contributed by atoms with van der Waals surface area (Å²) < 4.78 is 7.08. The van der Waals surface area contributed by atoms with Crippen LogP contribution < -0.4 is 0 Å². The fourth-order valence-electron chi connectivity index (χ4n) is 3.26. The first-order chi connectivity index (χ1) is 12.9. The van der Waals surface area contributed by atoms with Crippen LogP contribution in [0.2, 0.25) is 0 Å². The summed E-state index contributed by atoms with van der Waals surface area (Å²) in [6.45, 7) is 7.42. The van der Waals surface area contributed by atoms with E-state index < -0.39 is 5.97 Å². The van der Waals surface area contributed by atoms with E-state index in [-0.39, 0.29) is 12.4 Å². The third kappa shape index (κ3) is 3.79. The molecule has 0 aliphatic heterocycles. The molecule has 0 saturated heterocycles. The van der Waals surface area contributed by atoms with Crippen molar-refractivity contribution in [2.24, 2.45) is 0 Å². The molecule has 0 spiro atoms. The van der Waals surface area contributed by atoms with Crippen LogP contribution in [-0.4, -0.2) is 26.5 Å². The summed E-state index contributed by atoms with van der Waals surface area (Å²) in [6.07, 6.45) is 4.90. The second-order valence-electron chi connectivity index (χ2n) is 6.48. The van der Waals surface area contributed by atoms with Crippen molar-refractivity contribution in [3.05, 3.63) is 76.2 Å². The molecule has 6 nitrogen and oxygen atoms in total. The Hall–Kier alpha value is -3.28. The summed E-state index contributed by atoms with van der Waals surface area (Å²) >= 11 is 0. The number of aryl methyl sites for hydroxylation is 2. The second-order valence-corrected chi connectivity index (χ2v) is 6.48. The summed E-state index contributed by atoms with van der Waals surface area (Å²) in [5.41, 5.74) is 4.71. The van der Waals surface area contributed by atoms with Gasteiger partial charge in [0.2, 0.25) is 0 Å². The number of hydrogen-bond acceptors (Lipinski definition) is 5. The molecule has 0 aliphatic carbocycles. The molecule has 0 atom stereocenters. The number of hydrogen-bond donors (Lipinski definition) is 0. The highest BCUT2D eigenvalue weighted by molar-refractivity contribution is 5.97. The van der Waals surface area contributed by atoms with Gasteiger partial charge in [-0.3, -0.25) is 4.79 Å². The minimum Gasteiger partial charge on any atom is -0.457 e. The predicted octanol–water partition coefficient (Wildman–Crippen LogP) is 3.75. The number of carbonyl (C=O) groups excluding carboxylic acids is 2. The van der Waals surface area contributed by atoms with Gasteiger partial charge < -0.3 is 4.74 Å². The van der Waals surface area contributed by atoms with E-state index in [0.717, 1.165) is 22.3 Å². The van der Waals surface area contributed by atoms with Gasteiger partial charge >= 0.3 is 5.97 Å². The monoisotopic (exact) mass is 363 g/mol. The molecule has 3 aromatic rings. The van der Waals surface area contributed by atoms with Gasteiger partial charge in [0, 0.05) is 24.2 Å². The number of nitrogens with zero attached hydrogens (tertiary/aromatic N) is 3. The number of ketones is 1. The van der Waals surface area contributed by atoms with E-state index in [0.29, 0.717) is 16.9 Å². The summed E-state index contributed by atoms with van der Waals surface area (Å²) in [5, 5.41) is 4.10. The minimum absolute atomic E-state index is 0.0102. The van der Waals surface area contributed by atoms with Crippen LogP contribution in [0.15, 0.2) is 42.9 Å². The van der Waals surface area contributed by atoms with E-state index in [1.807, 2.05) is 26.8 Å². The lowest BCUT2D eigenvalue weighted by Crippen LogP contribution is -2.11. The fourth-order valence-corrected chi connectivity index (χ4v) is 3.26. The molecular weight excluding hydrogens is 342 g/mol. The van der Waals surface area contributed by atoms with Crippen LogP contribution in [0.1, 0.15) is 49.9 Å². The van der Waals surface area contributed by atoms with E-state index in [1.54, 1.807) is 42.2 Å². The smallest absolute Gasteiger partial charge is 0.340 e. The molecule has 2 aromatic heterocycles. The van der Waals surface area contributed by atoms with Gasteiger partial charge in [0.25, 0.3) is 0 Å². The molecule has 0 saturated carbocycles. The van der Waals surface area contributed by atoms with Gasteiger partial charge in [-0.25, -0.2) is 14.5 Å². The minimum atomic E-state index is -0.460. The van der Waals surface area contributed by atoms with Crippen LogP contribution in [0.5, 0.6) is 0 Å². The van der Waals surface area contributed by atoms with Crippen LogP contribution in [-0.2, 0) is 11.3 Å². The lowest BCUT2D eigenvalue weighted by atomic mass is 9.92. The van der Waals surface area contributed by atoms with Crippen molar-refractivity contribution < 1.29 is 14.3 Å². The molecule has 0 amide bonds. The van der Waals surface area contributed by atoms with Gasteiger partial charge in [0.1, 0.15) is 6.61 Å². The molecule has 2 heterocycles. The third-order valence-electron chi connectivity index (χ3n) is 4.55. The number of pyridine rings is 1. The van der Waals surface area contributed by atoms with Gasteiger partial charge in [-0.1, -0.05) is 6.07 Å². The second kappa shape index (κ2) is 7.53. The zero-order valence-electron chi connectivity index (χ0n) is 15.8. The Kier molecular flexibility index (Phi) is 5.16. The number of ether oxygens (including phenoxy) is 1. The summed E-state index contributed by atoms with van der Waals surface area (Å²) in [5.74, 6) is 0.169. The summed E-state index contributed by atoms with van der Waals surface area (Å²) in [4.78, 5) is 28.5. The van der Waals surface area contributed by atoms with Crippen LogP contribution in [0.3, 0.4) is 0 Å². The van der Waals surface area contributed by atoms with E-state index in [1.165, 1.54) is 6.20 Å². The molecule has 0 bridgehead atoms. The van der Waals surface area contributed by atoms with Crippen LogP contribution in [0.4, 0.5) is 0 Å². The summed E-state index contributed by atoms with van der Waals surface area (Å²) in [6, 6.07) is 7.11. The summed E-state index contributed by atoms with van der Waals surface area (Å²) in [7, 11) is 0. The van der Waals surface area contributed by atoms with Gasteiger partial charge in [0.15, 0.2) is 11.6 Å². The SMILES string of the molecule is CC(=O)c1c(C)cc(C)c(COC(=O)c2ccc(-n3cccn3)nc2)c1C. The Bertz CT molecular complexity index is 991. The lowest BCUT2D eigenvalue weighted by Gasteiger charge is -2.16. The average molecular weight is 363 g/mol. The zero-order valence-corrected chi connectivity index (χ0v) is 15.8. The Morgan fingerprint density at radius 3 is 2.52 bits per heavy atom. The maximum atomic E-state index is 12.4. The molecule has 138 valence electrons. The first kappa shape index (κ1) is 18.5. The van der Waals surface area contributed by atoms with E-state index >= 15 is 0 Å². The van der Waals surface area contributed by atoms with Crippen molar-refractivity contribution in [2.45, 2.75) is 34.3 Å². The number of aromatic nitrogens is 3. The normalized spacial score (nSPS) is 10.7. The third-order valence-corrected chi connectivity index (χ3v) is 4.55. The quantitative estimate of drug-likeness (QED) is 0.510. The van der Waals surface area contributed by atoms with E-state index in [9.17, 15) is 9.59 Å². The molecule has 1 aromatic carbocycles. The van der Waals surface area contributed by atoms with Gasteiger partial charge in [0.05, 0.1) is 5.56 Å². The molecule has 0 aliphatic rings. The average Bonchev–Trinajstić information content (AvgIpc) is 3.15. The van der Waals surface area contributed by atoms with Gasteiger partial charge in [-0.05, 0) is 68.1 Å². The van der Waals surface area contributed by atoms with E-state index in [2.05, 4.69) is 10.1 Å². The molecule has 0 N–H and O–H groups in total. The van der Waals surface area contributed by atoms with Crippen molar-refractivity contribution in [1.82, 2.24) is 14.8 Å². The number of esters is 1. The number of rotatable bonds is 5. The largest absolute Gasteiger partial charge is 0.457 e. The fraction of sp³-hybridized carbons (Fsp3) is 0.238. The maximum absolute atomic E-state index is 12.4. The van der Waals surface area contributed by atoms with Gasteiger partial charge in [-0.15, -0.1) is 0 Å². The molecule has 0 unspecified atom stereocenters. The molecule has 0 radical (unpaired) electrons. The maximum Gasteiger partial charge on any atom is 0.340 e. The van der Waals surface area contributed by atoms with Crippen molar-refractivity contribution in [3.8, 4) is 5.82 Å². The topological polar surface area (TPSA) is 74.1 Å². The highest BCUT2D eigenvalue weighted by Crippen LogP contribution is 2.24. The highest BCUT2D eigenvalue weighted by Gasteiger charge is 2.16. The lowest BCUT2D eigenvalue weighted by molar-refractivity contribution is 0.0471. The Morgan fingerprint density at radius 1 is 1.15 bits per heavy atom. The molecule has 3 rings (SSSR count). The van der Waals surface area contributed by atoms with E-state index in [4.69, 9.17) is 4.74 Å². The zero-order chi connectivity index (χ0) is 19.6. The molecule has 6 heteroatoms. The first-order valence-corrected chi connectivity index (χ1v) is 8.62. The highest BCUT2D eigenvalue weighted by atomic mass is 16.5. The van der Waals surface area contributed by atoms with Crippen molar-refractivity contribution in [2.75, 3.05) is 0 Å². The van der Waals surface area contributed by atoms with Crippen molar-refractivity contribution in [3.63, 3.8) is 0 Å². The van der Waals surface area contributed by atoms with Crippen molar-refractivity contribution in [1.29, 1.82) is 0 Å². The standard InChI is InChI=1S/C21H21N3O3/c1-13-10-14(2)20(16(4)25)15(3)18(13)12-27-21(26)17-6-7-19(22-11-17)24-9-5-8-23-24/h5-11H,12H2,1-4H3. The van der Waals surface area contributed by atoms with Crippen LogP contribution >= 0.6 is 0 Å². The Balaban J connectivity index is 1.76. The molecular formula is C21H21N3O3. The molecule has 0 fully saturated rings. The Morgan fingerprint density at radius 2 is 1.93 bits per heavy atom. The first-order valence-electron chi connectivity index (χ1n) is 8.62.